The van der Waals surface area contributed by atoms with Crippen LogP contribution in [0, 0.1) is 0 Å². The number of amides is 3. The maximum absolute atomic E-state index is 13.2. The fourth-order valence-corrected chi connectivity index (χ4v) is 5.66. The van der Waals surface area contributed by atoms with E-state index < -0.39 is 53.3 Å². The summed E-state index contributed by atoms with van der Waals surface area (Å²) in [7, 11) is 0. The van der Waals surface area contributed by atoms with Crippen LogP contribution in [0.3, 0.4) is 0 Å². The van der Waals surface area contributed by atoms with Gasteiger partial charge in [0, 0.05) is 43.6 Å². The van der Waals surface area contributed by atoms with Crippen molar-refractivity contribution in [3.63, 3.8) is 0 Å². The lowest BCUT2D eigenvalue weighted by Gasteiger charge is -2.49. The van der Waals surface area contributed by atoms with Gasteiger partial charge in [-0.05, 0) is 13.8 Å². The number of thioether (sulfide) groups is 1. The lowest BCUT2D eigenvalue weighted by molar-refractivity contribution is -0.182. The number of carbonyl (C=O) groups excluding carboxylic acids is 5. The number of nitrogens with one attached hydrogen (secondary N) is 1. The van der Waals surface area contributed by atoms with Crippen LogP contribution in [0.1, 0.15) is 33.4 Å². The molecule has 39 heavy (non-hydrogen) atoms. The average Bonchev–Trinajstić information content (AvgIpc) is 3.31. The van der Waals surface area contributed by atoms with Gasteiger partial charge in [-0.2, -0.15) is 0 Å². The van der Waals surface area contributed by atoms with E-state index in [1.165, 1.54) is 29.0 Å². The van der Waals surface area contributed by atoms with E-state index in [0.29, 0.717) is 18.7 Å². The Hall–Kier alpha value is -3.86. The molecule has 1 aromatic heterocycles. The Bertz CT molecular complexity index is 1210. The Labute approximate surface area is 231 Å². The van der Waals surface area contributed by atoms with Gasteiger partial charge in [-0.3, -0.25) is 19.3 Å². The summed E-state index contributed by atoms with van der Waals surface area (Å²) in [6, 6.07) is -1.08. The summed E-state index contributed by atoms with van der Waals surface area (Å²) in [4.78, 5) is 69.1. The van der Waals surface area contributed by atoms with Crippen molar-refractivity contribution >= 4 is 63.8 Å². The van der Waals surface area contributed by atoms with Crippen molar-refractivity contribution in [3.05, 3.63) is 22.3 Å². The number of hydrogen-bond donors (Lipinski definition) is 3. The highest BCUT2D eigenvalue weighted by atomic mass is 32.2. The molecule has 3 amide bonds. The maximum Gasteiger partial charge on any atom is 0.410 e. The van der Waals surface area contributed by atoms with Crippen LogP contribution in [-0.4, -0.2) is 98.7 Å². The van der Waals surface area contributed by atoms with Crippen molar-refractivity contribution in [2.24, 2.45) is 5.16 Å². The standard InChI is InChI=1S/C22H28N6O9S2/c1-5-27(6-2)22(33)35-7-12-8-38-19-15(25-17(30)14(26-34)13-9-39-21(23)24-13)18(31)28(19)16(12)20(32)37-11(4)36-10(3)29/h9,11,15,19,34H,5-8H2,1-4H3,(H2,23,24)(H,25,30)/b26-14-/t11?,15?,19-/m0/s1. The second kappa shape index (κ2) is 12.8. The molecule has 3 rings (SSSR count). The molecular weight excluding hydrogens is 556 g/mol. The van der Waals surface area contributed by atoms with Crippen LogP contribution in [0.2, 0.25) is 0 Å². The lowest BCUT2D eigenvalue weighted by Crippen LogP contribution is -2.71. The summed E-state index contributed by atoms with van der Waals surface area (Å²) < 4.78 is 15.4. The Balaban J connectivity index is 1.81. The van der Waals surface area contributed by atoms with Gasteiger partial charge in [0.05, 0.1) is 0 Å². The number of oxime groups is 1. The van der Waals surface area contributed by atoms with Crippen LogP contribution in [0.4, 0.5) is 9.93 Å². The number of nitrogens with two attached hydrogens (primary N) is 1. The SMILES string of the molecule is CCN(CC)C(=O)OCC1=C(C(=O)OC(C)OC(C)=O)N2C(=O)C(NC(=O)/C(=N\O)c3csc(N)n3)[C@@H]2SC1. The molecule has 1 aromatic rings. The molecule has 3 heterocycles. The van der Waals surface area contributed by atoms with E-state index in [4.69, 9.17) is 19.9 Å². The van der Waals surface area contributed by atoms with E-state index in [0.717, 1.165) is 23.2 Å². The number of fused-ring (bicyclic) bond motifs is 1. The highest BCUT2D eigenvalue weighted by molar-refractivity contribution is 8.00. The molecule has 0 spiro atoms. The average molecular weight is 585 g/mol. The molecule has 0 aromatic carbocycles. The number of esters is 2. The fourth-order valence-electron chi connectivity index (χ4n) is 3.79. The van der Waals surface area contributed by atoms with E-state index in [1.54, 1.807) is 13.8 Å². The highest BCUT2D eigenvalue weighted by Crippen LogP contribution is 2.41. The second-order valence-corrected chi connectivity index (χ2v) is 10.1. The van der Waals surface area contributed by atoms with Crippen LogP contribution in [0.25, 0.3) is 0 Å². The Morgan fingerprint density at radius 3 is 2.56 bits per heavy atom. The largest absolute Gasteiger partial charge is 0.445 e. The predicted octanol–water partition coefficient (Wildman–Crippen LogP) is 0.488. The fraction of sp³-hybridized carbons (Fsp3) is 0.500. The predicted molar refractivity (Wildman–Crippen MR) is 138 cm³/mol. The molecule has 2 aliphatic rings. The van der Waals surface area contributed by atoms with Crippen LogP contribution in [0.5, 0.6) is 0 Å². The van der Waals surface area contributed by atoms with Crippen molar-refractivity contribution in [2.45, 2.75) is 45.4 Å². The summed E-state index contributed by atoms with van der Waals surface area (Å²) in [5, 5.41) is 15.6. The van der Waals surface area contributed by atoms with E-state index >= 15 is 0 Å². The first-order valence-corrected chi connectivity index (χ1v) is 13.7. The number of thiazole rings is 1. The number of rotatable bonds is 10. The lowest BCUT2D eigenvalue weighted by atomic mass is 10.0. The summed E-state index contributed by atoms with van der Waals surface area (Å²) in [5.74, 6) is -3.04. The minimum Gasteiger partial charge on any atom is -0.445 e. The number of β-lactam (4-membered cyclic amide) rings is 1. The van der Waals surface area contributed by atoms with Gasteiger partial charge in [0.25, 0.3) is 11.8 Å². The molecule has 0 bridgehead atoms. The molecule has 3 atom stereocenters. The van der Waals surface area contributed by atoms with Crippen molar-refractivity contribution in [2.75, 3.05) is 31.2 Å². The van der Waals surface area contributed by atoms with Gasteiger partial charge in [-0.25, -0.2) is 14.6 Å². The smallest absolute Gasteiger partial charge is 0.410 e. The van der Waals surface area contributed by atoms with Crippen LogP contribution in [-0.2, 0) is 33.4 Å². The number of ether oxygens (including phenoxy) is 3. The van der Waals surface area contributed by atoms with E-state index in [1.807, 2.05) is 0 Å². The molecule has 17 heteroatoms. The molecule has 1 saturated heterocycles. The third kappa shape index (κ3) is 6.59. The first-order valence-electron chi connectivity index (χ1n) is 11.7. The van der Waals surface area contributed by atoms with Gasteiger partial charge in [0.15, 0.2) is 10.8 Å². The normalized spacial score (nSPS) is 19.4. The third-order valence-electron chi connectivity index (χ3n) is 5.60. The summed E-state index contributed by atoms with van der Waals surface area (Å²) in [6.45, 7) is 6.58. The van der Waals surface area contributed by atoms with Gasteiger partial charge in [0.2, 0.25) is 6.29 Å². The highest BCUT2D eigenvalue weighted by Gasteiger charge is 2.55. The molecule has 0 saturated carbocycles. The van der Waals surface area contributed by atoms with Gasteiger partial charge in [-0.15, -0.1) is 23.1 Å². The van der Waals surface area contributed by atoms with Crippen molar-refractivity contribution < 1.29 is 43.4 Å². The molecule has 4 N–H and O–H groups in total. The topological polar surface area (TPSA) is 203 Å². The molecule has 0 radical (unpaired) electrons. The number of hydrogen-bond acceptors (Lipinski definition) is 14. The zero-order valence-electron chi connectivity index (χ0n) is 21.5. The van der Waals surface area contributed by atoms with E-state index in [9.17, 15) is 29.2 Å². The quantitative estimate of drug-likeness (QED) is 0.0859. The third-order valence-corrected chi connectivity index (χ3v) is 7.62. The van der Waals surface area contributed by atoms with Crippen LogP contribution in [0.15, 0.2) is 21.8 Å². The number of aromatic nitrogens is 1. The van der Waals surface area contributed by atoms with Gasteiger partial charge >= 0.3 is 18.0 Å². The number of nitrogen functional groups attached to an aromatic ring is 1. The minimum absolute atomic E-state index is 0.0263. The van der Waals surface area contributed by atoms with Gasteiger partial charge < -0.3 is 35.4 Å². The van der Waals surface area contributed by atoms with E-state index in [-0.39, 0.29) is 28.9 Å². The Morgan fingerprint density at radius 1 is 1.31 bits per heavy atom. The van der Waals surface area contributed by atoms with Crippen LogP contribution >= 0.6 is 23.1 Å². The number of anilines is 1. The molecule has 212 valence electrons. The van der Waals surface area contributed by atoms with Gasteiger partial charge in [0.1, 0.15) is 29.4 Å². The molecule has 0 aliphatic carbocycles. The summed E-state index contributed by atoms with van der Waals surface area (Å²) in [6.07, 6.45) is -1.85. The summed E-state index contributed by atoms with van der Waals surface area (Å²) in [5.41, 5.74) is 5.28. The van der Waals surface area contributed by atoms with E-state index in [2.05, 4.69) is 15.5 Å². The molecule has 15 nitrogen and oxygen atoms in total. The molecular formula is C22H28N6O9S2. The van der Waals surface area contributed by atoms with Gasteiger partial charge in [-0.1, -0.05) is 5.16 Å². The van der Waals surface area contributed by atoms with Crippen LogP contribution < -0.4 is 11.1 Å². The maximum atomic E-state index is 13.2. The Morgan fingerprint density at radius 2 is 2.00 bits per heavy atom. The second-order valence-electron chi connectivity index (χ2n) is 8.14. The molecule has 2 aliphatic heterocycles. The monoisotopic (exact) mass is 584 g/mol. The molecule has 1 fully saturated rings. The number of carbonyl (C=O) groups is 5. The van der Waals surface area contributed by atoms with Crippen molar-refractivity contribution in [1.29, 1.82) is 0 Å². The number of nitrogens with zero attached hydrogens (tertiary/aromatic N) is 4. The Kier molecular flexibility index (Phi) is 9.74. The van der Waals surface area contributed by atoms with Crippen molar-refractivity contribution in [1.82, 2.24) is 20.1 Å². The van der Waals surface area contributed by atoms with Crippen molar-refractivity contribution in [3.8, 4) is 0 Å². The first-order chi connectivity index (χ1) is 18.5. The minimum atomic E-state index is -1.25. The summed E-state index contributed by atoms with van der Waals surface area (Å²) >= 11 is 2.25. The zero-order valence-corrected chi connectivity index (χ0v) is 23.2. The molecule has 2 unspecified atom stereocenters. The zero-order chi connectivity index (χ0) is 28.9. The first kappa shape index (κ1) is 29.7.